The zero-order valence-electron chi connectivity index (χ0n) is 29.2. The zero-order chi connectivity index (χ0) is 35.9. The van der Waals surface area contributed by atoms with Gasteiger partial charge in [0, 0.05) is 20.3 Å². The van der Waals surface area contributed by atoms with E-state index in [1.165, 1.54) is 14.2 Å². The number of methoxy groups -OCH3 is 2. The molecular formula is C33H53N3O12. The number of amides is 3. The van der Waals surface area contributed by atoms with Crippen molar-refractivity contribution in [1.29, 1.82) is 0 Å². The minimum absolute atomic E-state index is 0.0590. The summed E-state index contributed by atoms with van der Waals surface area (Å²) < 4.78 is 36.6. The molecule has 6 atom stereocenters. The first-order valence-electron chi connectivity index (χ1n) is 15.9. The third-order valence-electron chi connectivity index (χ3n) is 7.10. The van der Waals surface area contributed by atoms with Crippen LogP contribution in [0.25, 0.3) is 0 Å². The lowest BCUT2D eigenvalue weighted by atomic mass is 10.1. The molecule has 4 N–H and O–H groups in total. The van der Waals surface area contributed by atoms with Gasteiger partial charge in [-0.2, -0.15) is 0 Å². The molecule has 2 aliphatic rings. The molecule has 2 aliphatic carbocycles. The van der Waals surface area contributed by atoms with Gasteiger partial charge in [0.05, 0.1) is 30.2 Å². The molecule has 0 aromatic heterocycles. The number of carbonyl (C=O) groups excluding carboxylic acids is 3. The van der Waals surface area contributed by atoms with E-state index in [1.807, 2.05) is 30.3 Å². The van der Waals surface area contributed by atoms with Gasteiger partial charge in [0.1, 0.15) is 31.4 Å². The number of hydrogen-bond donors (Lipinski definition) is 4. The second kappa shape index (κ2) is 19.4. The monoisotopic (exact) mass is 683 g/mol. The van der Waals surface area contributed by atoms with Crippen molar-refractivity contribution in [3.8, 4) is 0 Å². The lowest BCUT2D eigenvalue weighted by Crippen LogP contribution is -2.44. The maximum atomic E-state index is 12.1. The van der Waals surface area contributed by atoms with Gasteiger partial charge in [-0.05, 0) is 72.8 Å². The number of alkyl carbamates (subject to hydrolysis) is 3. The van der Waals surface area contributed by atoms with E-state index in [-0.39, 0.29) is 50.5 Å². The van der Waals surface area contributed by atoms with Crippen LogP contribution in [0.15, 0.2) is 30.3 Å². The molecule has 15 nitrogen and oxygen atoms in total. The standard InChI is InChI=1S/C20H30N2O6.C13H23NO6/c1-20(2,3)28-19(24)22-16-10-15(11-17(16)27-13-25-4)21-18(23)26-12-14-8-6-5-7-9-14;1-13(2,3)20-12(17)14-9-5-8(11(15)16)6-10(9)19-7-18-4/h5-9,15-17H,10-13H2,1-4H3,(H,21,23)(H,22,24);8-10H,5-7H2,1-4H3,(H,14,17)(H,15,16)/t15-,16+,17+;8-,9+,10+/m11/s1. The molecule has 0 aliphatic heterocycles. The smallest absolute Gasteiger partial charge is 0.407 e. The second-order valence-electron chi connectivity index (χ2n) is 13.6. The van der Waals surface area contributed by atoms with Crippen molar-refractivity contribution in [2.75, 3.05) is 27.8 Å². The molecule has 3 rings (SSSR count). The molecule has 0 heterocycles. The topological polar surface area (TPSA) is 189 Å². The minimum Gasteiger partial charge on any atom is -0.481 e. The molecule has 2 saturated carbocycles. The molecule has 2 fully saturated rings. The van der Waals surface area contributed by atoms with Crippen molar-refractivity contribution in [2.45, 2.75) is 115 Å². The Morgan fingerprint density at radius 2 is 1.21 bits per heavy atom. The quantitative estimate of drug-likeness (QED) is 0.181. The number of ether oxygens (including phenoxy) is 7. The van der Waals surface area contributed by atoms with Gasteiger partial charge in [0.15, 0.2) is 0 Å². The largest absolute Gasteiger partial charge is 0.481 e. The molecule has 1 aromatic rings. The van der Waals surface area contributed by atoms with Crippen molar-refractivity contribution in [3.05, 3.63) is 35.9 Å². The fourth-order valence-electron chi connectivity index (χ4n) is 5.15. The van der Waals surface area contributed by atoms with Gasteiger partial charge in [-0.3, -0.25) is 4.79 Å². The first kappa shape index (κ1) is 40.5. The summed E-state index contributed by atoms with van der Waals surface area (Å²) in [7, 11) is 3.02. The predicted molar refractivity (Wildman–Crippen MR) is 173 cm³/mol. The predicted octanol–water partition coefficient (Wildman–Crippen LogP) is 4.32. The van der Waals surface area contributed by atoms with Crippen LogP contribution in [0.4, 0.5) is 14.4 Å². The van der Waals surface area contributed by atoms with Crippen LogP contribution in [0.2, 0.25) is 0 Å². The van der Waals surface area contributed by atoms with Crippen LogP contribution in [-0.2, 0) is 44.6 Å². The van der Waals surface area contributed by atoms with Gasteiger partial charge in [0.25, 0.3) is 0 Å². The lowest BCUT2D eigenvalue weighted by molar-refractivity contribution is -0.142. The number of benzene rings is 1. The highest BCUT2D eigenvalue weighted by atomic mass is 16.7. The number of nitrogens with one attached hydrogen (secondary N) is 3. The Kier molecular flexibility index (Phi) is 16.3. The van der Waals surface area contributed by atoms with Gasteiger partial charge < -0.3 is 54.2 Å². The Balaban J connectivity index is 0.000000353. The van der Waals surface area contributed by atoms with E-state index < -0.39 is 41.4 Å². The van der Waals surface area contributed by atoms with E-state index >= 15 is 0 Å². The molecule has 0 unspecified atom stereocenters. The summed E-state index contributed by atoms with van der Waals surface area (Å²) in [6, 6.07) is 8.57. The first-order chi connectivity index (χ1) is 22.5. The van der Waals surface area contributed by atoms with Gasteiger partial charge in [-0.15, -0.1) is 0 Å². The number of carbonyl (C=O) groups is 4. The van der Waals surface area contributed by atoms with Gasteiger partial charge in [0.2, 0.25) is 0 Å². The van der Waals surface area contributed by atoms with E-state index in [0.29, 0.717) is 25.7 Å². The number of aliphatic carboxylic acids is 1. The number of carboxylic acid groups (broad SMARTS) is 1. The van der Waals surface area contributed by atoms with E-state index in [0.717, 1.165) is 5.56 Å². The molecule has 1 aromatic carbocycles. The van der Waals surface area contributed by atoms with E-state index in [2.05, 4.69) is 16.0 Å². The van der Waals surface area contributed by atoms with Gasteiger partial charge in [-0.25, -0.2) is 14.4 Å². The Morgan fingerprint density at radius 3 is 1.69 bits per heavy atom. The Morgan fingerprint density at radius 1 is 0.708 bits per heavy atom. The second-order valence-corrected chi connectivity index (χ2v) is 13.6. The summed E-state index contributed by atoms with van der Waals surface area (Å²) in [6.07, 6.45) is -0.566. The molecule has 0 spiro atoms. The first-order valence-corrected chi connectivity index (χ1v) is 15.9. The van der Waals surface area contributed by atoms with E-state index in [9.17, 15) is 19.2 Å². The highest BCUT2D eigenvalue weighted by molar-refractivity contribution is 5.72. The number of carboxylic acids is 1. The maximum absolute atomic E-state index is 12.1. The van der Waals surface area contributed by atoms with Gasteiger partial charge >= 0.3 is 24.2 Å². The van der Waals surface area contributed by atoms with Crippen LogP contribution < -0.4 is 16.0 Å². The van der Waals surface area contributed by atoms with E-state index in [1.54, 1.807) is 41.5 Å². The van der Waals surface area contributed by atoms with Crippen LogP contribution in [0.1, 0.15) is 72.8 Å². The van der Waals surface area contributed by atoms with Crippen molar-refractivity contribution in [2.24, 2.45) is 5.92 Å². The van der Waals surface area contributed by atoms with Crippen molar-refractivity contribution < 1.29 is 57.4 Å². The Labute approximate surface area is 282 Å². The summed E-state index contributed by atoms with van der Waals surface area (Å²) in [5.41, 5.74) is -0.280. The van der Waals surface area contributed by atoms with Crippen LogP contribution in [0.3, 0.4) is 0 Å². The lowest BCUT2D eigenvalue weighted by Gasteiger charge is -2.24. The third kappa shape index (κ3) is 16.0. The van der Waals surface area contributed by atoms with E-state index in [4.69, 9.17) is 38.3 Å². The van der Waals surface area contributed by atoms with Gasteiger partial charge in [-0.1, -0.05) is 30.3 Å². The fourth-order valence-corrected chi connectivity index (χ4v) is 5.15. The summed E-state index contributed by atoms with van der Waals surface area (Å²) >= 11 is 0. The van der Waals surface area contributed by atoms with Crippen molar-refractivity contribution in [3.63, 3.8) is 0 Å². The minimum atomic E-state index is -0.885. The average Bonchev–Trinajstić information content (AvgIpc) is 3.55. The average molecular weight is 684 g/mol. The molecule has 3 amide bonds. The van der Waals surface area contributed by atoms with Crippen molar-refractivity contribution in [1.82, 2.24) is 16.0 Å². The number of rotatable bonds is 12. The van der Waals surface area contributed by atoms with Crippen LogP contribution in [0.5, 0.6) is 0 Å². The highest BCUT2D eigenvalue weighted by Crippen LogP contribution is 2.29. The molecule has 0 bridgehead atoms. The molecule has 48 heavy (non-hydrogen) atoms. The van der Waals surface area contributed by atoms with Crippen LogP contribution in [0, 0.1) is 5.92 Å². The fraction of sp³-hybridized carbons (Fsp3) is 0.697. The zero-order valence-corrected chi connectivity index (χ0v) is 29.2. The molecular weight excluding hydrogens is 630 g/mol. The molecule has 0 radical (unpaired) electrons. The molecule has 15 heteroatoms. The summed E-state index contributed by atoms with van der Waals surface area (Å²) in [6.45, 7) is 11.0. The molecule has 272 valence electrons. The van der Waals surface area contributed by atoms with Crippen LogP contribution in [-0.4, -0.2) is 98.7 Å². The van der Waals surface area contributed by atoms with Crippen LogP contribution >= 0.6 is 0 Å². The SMILES string of the molecule is COCO[C@H]1C[C@H](C(=O)O)C[C@@H]1NC(=O)OC(C)(C)C.COCO[C@H]1C[C@H](NC(=O)OCc2ccccc2)C[C@@H]1NC(=O)OC(C)(C)C. The summed E-state index contributed by atoms with van der Waals surface area (Å²) in [4.78, 5) is 47.0. The van der Waals surface area contributed by atoms with Crippen molar-refractivity contribution >= 4 is 24.2 Å². The summed E-state index contributed by atoms with van der Waals surface area (Å²) in [5.74, 6) is -1.42. The maximum Gasteiger partial charge on any atom is 0.407 e. The number of hydrogen-bond acceptors (Lipinski definition) is 11. The highest BCUT2D eigenvalue weighted by Gasteiger charge is 2.40. The normalized spacial score (nSPS) is 23.7. The Hall–Kier alpha value is -3.66. The summed E-state index contributed by atoms with van der Waals surface area (Å²) in [5, 5.41) is 17.4. The molecule has 0 saturated heterocycles. The Bertz CT molecular complexity index is 1150. The third-order valence-corrected chi connectivity index (χ3v) is 7.10.